The molecule has 0 unspecified atom stereocenters. The Bertz CT molecular complexity index is 1800. The number of allylic oxidation sites excluding steroid dienone is 2. The zero-order valence-corrected chi connectivity index (χ0v) is 21.6. The van der Waals surface area contributed by atoms with Crippen LogP contribution in [0, 0.1) is 0 Å². The highest BCUT2D eigenvalue weighted by Gasteiger charge is 2.33. The smallest absolute Gasteiger partial charge is 0.302 e. The van der Waals surface area contributed by atoms with Crippen molar-refractivity contribution in [2.24, 2.45) is 0 Å². The first-order valence-electron chi connectivity index (χ1n) is 12.2. The zero-order valence-electron chi connectivity index (χ0n) is 21.6. The summed E-state index contributed by atoms with van der Waals surface area (Å²) in [6.45, 7) is 11.6. The van der Waals surface area contributed by atoms with Crippen LogP contribution in [0.4, 0.5) is 0 Å². The van der Waals surface area contributed by atoms with Crippen molar-refractivity contribution in [3.05, 3.63) is 56.8 Å². The van der Waals surface area contributed by atoms with Gasteiger partial charge in [-0.3, -0.25) is 4.79 Å². The van der Waals surface area contributed by atoms with Gasteiger partial charge in [-0.05, 0) is 78.3 Å². The molecule has 2 aromatic carbocycles. The van der Waals surface area contributed by atoms with E-state index in [1.54, 1.807) is 6.08 Å². The maximum Gasteiger partial charge on any atom is 0.302 e. The Balaban J connectivity index is 1.75. The van der Waals surface area contributed by atoms with Gasteiger partial charge in [0.25, 0.3) is 0 Å². The van der Waals surface area contributed by atoms with E-state index in [9.17, 15) is 15.0 Å². The summed E-state index contributed by atoms with van der Waals surface area (Å²) in [6.07, 6.45) is 9.74. The Hall–Kier alpha value is -4.13. The molecule has 0 aliphatic carbocycles. The molecule has 0 saturated heterocycles. The number of aromatic hydroxyl groups is 2. The van der Waals surface area contributed by atoms with Crippen LogP contribution in [0.3, 0.4) is 0 Å². The molecule has 2 N–H and O–H groups in total. The van der Waals surface area contributed by atoms with E-state index < -0.39 is 16.6 Å². The van der Waals surface area contributed by atoms with E-state index in [0.717, 1.165) is 5.57 Å². The molecule has 7 nitrogen and oxygen atoms in total. The van der Waals surface area contributed by atoms with E-state index in [0.29, 0.717) is 39.8 Å². The maximum absolute atomic E-state index is 14.0. The summed E-state index contributed by atoms with van der Waals surface area (Å²) in [5.74, 6) is 0.429. The molecule has 37 heavy (non-hydrogen) atoms. The first kappa shape index (κ1) is 23.3. The van der Waals surface area contributed by atoms with E-state index in [-0.39, 0.29) is 39.4 Å². The van der Waals surface area contributed by atoms with Gasteiger partial charge in [-0.1, -0.05) is 11.6 Å². The standard InChI is InChI=1S/C30H28O7/c1-14(2)7-8-16-25-15(9-11-29(3,4)36-25)22(32)21-23(33)20-18-13-19(31)26-17(10-12-30(5,6)37-26)24(18)34-28(20)35-27(16)21/h7,9-13,31-32H,8H2,1-6H3. The Labute approximate surface area is 212 Å². The summed E-state index contributed by atoms with van der Waals surface area (Å²) < 4.78 is 24.6. The molecule has 2 aliphatic rings. The number of fused-ring (bicyclic) bond motifs is 7. The lowest BCUT2D eigenvalue weighted by Crippen LogP contribution is -2.28. The van der Waals surface area contributed by atoms with Crippen molar-refractivity contribution >= 4 is 45.3 Å². The van der Waals surface area contributed by atoms with E-state index in [1.807, 2.05) is 65.8 Å². The van der Waals surface area contributed by atoms with E-state index in [2.05, 4.69) is 0 Å². The average molecular weight is 501 g/mol. The minimum atomic E-state index is -0.612. The lowest BCUT2D eigenvalue weighted by atomic mass is 9.94. The third-order valence-electron chi connectivity index (χ3n) is 6.82. The number of phenolic OH excluding ortho intramolecular Hbond substituents is 2. The highest BCUT2D eigenvalue weighted by molar-refractivity contribution is 6.11. The molecule has 2 aromatic heterocycles. The molecule has 190 valence electrons. The SMILES string of the molecule is CC(C)=CCc1c2c(c(O)c3c(=O)c4c(oc13)oc1c3c(c(O)cc14)OC(C)(C)C=C3)C=CC(C)(C)O2. The number of benzene rings is 2. The molecule has 6 rings (SSSR count). The lowest BCUT2D eigenvalue weighted by Gasteiger charge is -2.30. The molecular formula is C30H28O7. The molecule has 0 fully saturated rings. The van der Waals surface area contributed by atoms with Crippen molar-refractivity contribution in [1.82, 2.24) is 0 Å². The van der Waals surface area contributed by atoms with Crippen LogP contribution in [-0.2, 0) is 6.42 Å². The largest absolute Gasteiger partial charge is 0.506 e. The first-order valence-corrected chi connectivity index (χ1v) is 12.2. The summed E-state index contributed by atoms with van der Waals surface area (Å²) in [6, 6.07) is 1.45. The molecule has 0 amide bonds. The fourth-order valence-corrected chi connectivity index (χ4v) is 4.98. The van der Waals surface area contributed by atoms with Crippen LogP contribution in [0.25, 0.3) is 45.3 Å². The Morgan fingerprint density at radius 2 is 1.51 bits per heavy atom. The second kappa shape index (κ2) is 7.44. The molecule has 0 atom stereocenters. The Morgan fingerprint density at radius 1 is 0.892 bits per heavy atom. The zero-order chi connectivity index (χ0) is 26.4. The second-order valence-corrected chi connectivity index (χ2v) is 11.0. The van der Waals surface area contributed by atoms with Gasteiger partial charge in [0, 0.05) is 10.9 Å². The fourth-order valence-electron chi connectivity index (χ4n) is 4.98. The van der Waals surface area contributed by atoms with Gasteiger partial charge >= 0.3 is 5.78 Å². The number of hydrogen-bond acceptors (Lipinski definition) is 7. The number of ether oxygens (including phenoxy) is 2. The molecule has 2 aliphatic heterocycles. The Morgan fingerprint density at radius 3 is 2.19 bits per heavy atom. The van der Waals surface area contributed by atoms with Gasteiger partial charge in [0.15, 0.2) is 22.7 Å². The Kier molecular flexibility index (Phi) is 4.68. The van der Waals surface area contributed by atoms with Crippen molar-refractivity contribution in [1.29, 1.82) is 0 Å². The predicted molar refractivity (Wildman–Crippen MR) is 144 cm³/mol. The highest BCUT2D eigenvalue weighted by Crippen LogP contribution is 2.48. The van der Waals surface area contributed by atoms with Gasteiger partial charge < -0.3 is 28.5 Å². The average Bonchev–Trinajstić information content (AvgIpc) is 3.16. The molecule has 4 aromatic rings. The van der Waals surface area contributed by atoms with Crippen molar-refractivity contribution < 1.29 is 28.5 Å². The van der Waals surface area contributed by atoms with E-state index in [1.165, 1.54) is 6.07 Å². The molecule has 0 bridgehead atoms. The number of furan rings is 1. The van der Waals surface area contributed by atoms with Gasteiger partial charge in [0.2, 0.25) is 5.43 Å². The van der Waals surface area contributed by atoms with Gasteiger partial charge in [-0.2, -0.15) is 0 Å². The molecule has 4 heterocycles. The summed E-state index contributed by atoms with van der Waals surface area (Å²) in [5.41, 5.74) is 1.59. The van der Waals surface area contributed by atoms with Gasteiger partial charge in [0.1, 0.15) is 33.5 Å². The third kappa shape index (κ3) is 3.44. The molecule has 0 spiro atoms. The van der Waals surface area contributed by atoms with Crippen molar-refractivity contribution in [3.63, 3.8) is 0 Å². The molecule has 0 saturated carbocycles. The van der Waals surface area contributed by atoms with Gasteiger partial charge in [-0.15, -0.1) is 0 Å². The van der Waals surface area contributed by atoms with Crippen molar-refractivity contribution in [2.75, 3.05) is 0 Å². The number of hydrogen-bond donors (Lipinski definition) is 2. The predicted octanol–water partition coefficient (Wildman–Crippen LogP) is 6.98. The van der Waals surface area contributed by atoms with Crippen molar-refractivity contribution in [3.8, 4) is 23.0 Å². The van der Waals surface area contributed by atoms with Crippen LogP contribution in [0.15, 0.2) is 43.5 Å². The van der Waals surface area contributed by atoms with Crippen LogP contribution >= 0.6 is 0 Å². The monoisotopic (exact) mass is 500 g/mol. The topological polar surface area (TPSA) is 102 Å². The highest BCUT2D eigenvalue weighted by atomic mass is 16.5. The van der Waals surface area contributed by atoms with Crippen LogP contribution in [0.1, 0.15) is 58.2 Å². The lowest BCUT2D eigenvalue weighted by molar-refractivity contribution is 0.153. The minimum absolute atomic E-state index is 0.00180. The van der Waals surface area contributed by atoms with E-state index in [4.69, 9.17) is 18.3 Å². The third-order valence-corrected chi connectivity index (χ3v) is 6.82. The summed E-state index contributed by atoms with van der Waals surface area (Å²) in [5, 5.41) is 22.7. The van der Waals surface area contributed by atoms with Crippen LogP contribution < -0.4 is 14.9 Å². The summed E-state index contributed by atoms with van der Waals surface area (Å²) in [4.78, 5) is 14.0. The molecular weight excluding hydrogens is 472 g/mol. The van der Waals surface area contributed by atoms with Crippen LogP contribution in [0.5, 0.6) is 23.0 Å². The van der Waals surface area contributed by atoms with Crippen molar-refractivity contribution in [2.45, 2.75) is 59.2 Å². The summed E-state index contributed by atoms with van der Waals surface area (Å²) >= 11 is 0. The number of rotatable bonds is 2. The van der Waals surface area contributed by atoms with Crippen LogP contribution in [-0.4, -0.2) is 21.4 Å². The first-order chi connectivity index (χ1) is 17.4. The number of phenols is 2. The van der Waals surface area contributed by atoms with Gasteiger partial charge in [0.05, 0.1) is 11.1 Å². The van der Waals surface area contributed by atoms with Crippen LogP contribution in [0.2, 0.25) is 0 Å². The van der Waals surface area contributed by atoms with Gasteiger partial charge in [-0.25, -0.2) is 0 Å². The second-order valence-electron chi connectivity index (χ2n) is 11.0. The molecule has 0 radical (unpaired) electrons. The minimum Gasteiger partial charge on any atom is -0.506 e. The quantitative estimate of drug-likeness (QED) is 0.286. The fraction of sp³-hybridized carbons (Fsp3) is 0.300. The molecule has 7 heteroatoms. The maximum atomic E-state index is 14.0. The summed E-state index contributed by atoms with van der Waals surface area (Å²) in [7, 11) is 0. The van der Waals surface area contributed by atoms with E-state index >= 15 is 0 Å². The normalized spacial score (nSPS) is 16.9.